The summed E-state index contributed by atoms with van der Waals surface area (Å²) in [5.41, 5.74) is 0.720. The summed E-state index contributed by atoms with van der Waals surface area (Å²) in [6.45, 7) is 4.24. The van der Waals surface area contributed by atoms with Crippen LogP contribution in [0, 0.1) is 0 Å². The highest BCUT2D eigenvalue weighted by molar-refractivity contribution is 7.90. The summed E-state index contributed by atoms with van der Waals surface area (Å²) in [4.78, 5) is 12.0. The Morgan fingerprint density at radius 1 is 1.15 bits per heavy atom. The van der Waals surface area contributed by atoms with E-state index in [-0.39, 0.29) is 23.4 Å². The molecule has 1 rings (SSSR count). The van der Waals surface area contributed by atoms with Gasteiger partial charge in [-0.15, -0.1) is 0 Å². The van der Waals surface area contributed by atoms with Crippen LogP contribution in [-0.4, -0.2) is 33.2 Å². The second-order valence-corrected chi connectivity index (χ2v) is 6.75. The molecule has 0 aromatic heterocycles. The summed E-state index contributed by atoms with van der Waals surface area (Å²) < 4.78 is 22.6. The van der Waals surface area contributed by atoms with Crippen molar-refractivity contribution >= 4 is 21.4 Å². The lowest BCUT2D eigenvalue weighted by molar-refractivity contribution is -0.120. The van der Waals surface area contributed by atoms with E-state index < -0.39 is 9.84 Å². The van der Waals surface area contributed by atoms with Gasteiger partial charge in [-0.1, -0.05) is 13.8 Å². The molecule has 0 fully saturated rings. The molecule has 112 valence electrons. The van der Waals surface area contributed by atoms with Crippen molar-refractivity contribution in [2.75, 3.05) is 18.1 Å². The molecule has 0 saturated carbocycles. The highest BCUT2D eigenvalue weighted by Gasteiger charge is 2.09. The topological polar surface area (TPSA) is 75.3 Å². The maximum atomic E-state index is 11.7. The first-order valence-electron chi connectivity index (χ1n) is 6.70. The molecule has 0 spiro atoms. The average molecular weight is 298 g/mol. The van der Waals surface area contributed by atoms with Crippen molar-refractivity contribution in [3.63, 3.8) is 0 Å². The summed E-state index contributed by atoms with van der Waals surface area (Å²) in [6, 6.07) is 6.56. The third kappa shape index (κ3) is 5.21. The minimum atomic E-state index is -3.18. The molecular weight excluding hydrogens is 276 g/mol. The maximum Gasteiger partial charge on any atom is 0.239 e. The Morgan fingerprint density at radius 3 is 2.15 bits per heavy atom. The van der Waals surface area contributed by atoms with Crippen LogP contribution >= 0.6 is 0 Å². The van der Waals surface area contributed by atoms with E-state index in [1.807, 2.05) is 13.8 Å². The fourth-order valence-electron chi connectivity index (χ4n) is 1.77. The second kappa shape index (κ2) is 7.28. The molecular formula is C14H22N2O3S. The van der Waals surface area contributed by atoms with Crippen LogP contribution in [-0.2, 0) is 14.6 Å². The highest BCUT2D eigenvalue weighted by Crippen LogP contribution is 2.13. The van der Waals surface area contributed by atoms with Crippen molar-refractivity contribution in [1.29, 1.82) is 0 Å². The van der Waals surface area contributed by atoms with Crippen LogP contribution in [0.15, 0.2) is 29.2 Å². The van der Waals surface area contributed by atoms with Gasteiger partial charge in [-0.3, -0.25) is 4.79 Å². The Hall–Kier alpha value is -1.56. The van der Waals surface area contributed by atoms with Gasteiger partial charge in [0.25, 0.3) is 0 Å². The van der Waals surface area contributed by atoms with E-state index in [9.17, 15) is 13.2 Å². The van der Waals surface area contributed by atoms with E-state index in [4.69, 9.17) is 0 Å². The molecule has 0 aliphatic carbocycles. The Labute approximate surface area is 120 Å². The monoisotopic (exact) mass is 298 g/mol. The summed E-state index contributed by atoms with van der Waals surface area (Å²) in [5, 5.41) is 5.89. The van der Waals surface area contributed by atoms with E-state index in [1.54, 1.807) is 12.1 Å². The van der Waals surface area contributed by atoms with E-state index in [2.05, 4.69) is 10.6 Å². The van der Waals surface area contributed by atoms with E-state index >= 15 is 0 Å². The molecule has 1 aromatic carbocycles. The number of nitrogens with one attached hydrogen (secondary N) is 2. The van der Waals surface area contributed by atoms with Gasteiger partial charge in [0, 0.05) is 18.0 Å². The van der Waals surface area contributed by atoms with Crippen molar-refractivity contribution < 1.29 is 13.2 Å². The third-order valence-electron chi connectivity index (χ3n) is 3.09. The first kappa shape index (κ1) is 16.5. The zero-order chi connectivity index (χ0) is 15.2. The second-order valence-electron chi connectivity index (χ2n) is 4.73. The number of anilines is 1. The van der Waals surface area contributed by atoms with Crippen LogP contribution in [0.3, 0.4) is 0 Å². The normalized spacial score (nSPS) is 11.4. The van der Waals surface area contributed by atoms with Gasteiger partial charge in [0.2, 0.25) is 5.91 Å². The van der Waals surface area contributed by atoms with Crippen molar-refractivity contribution in [3.8, 4) is 0 Å². The predicted molar refractivity (Wildman–Crippen MR) is 80.6 cm³/mol. The number of sulfone groups is 1. The maximum absolute atomic E-state index is 11.7. The molecule has 0 radical (unpaired) electrons. The lowest BCUT2D eigenvalue weighted by Gasteiger charge is -2.15. The minimum absolute atomic E-state index is 0.0640. The lowest BCUT2D eigenvalue weighted by Crippen LogP contribution is -2.37. The van der Waals surface area contributed by atoms with Crippen molar-refractivity contribution in [2.24, 2.45) is 0 Å². The molecule has 0 aliphatic heterocycles. The van der Waals surface area contributed by atoms with Crippen molar-refractivity contribution in [1.82, 2.24) is 5.32 Å². The number of carbonyl (C=O) groups is 1. The Morgan fingerprint density at radius 2 is 1.70 bits per heavy atom. The van der Waals surface area contributed by atoms with Crippen LogP contribution < -0.4 is 10.6 Å². The smallest absolute Gasteiger partial charge is 0.239 e. The van der Waals surface area contributed by atoms with E-state index in [0.29, 0.717) is 0 Å². The summed E-state index contributed by atoms with van der Waals surface area (Å²) in [6.07, 6.45) is 2.98. The summed E-state index contributed by atoms with van der Waals surface area (Å²) in [5.74, 6) is -0.0640. The first-order chi connectivity index (χ1) is 9.36. The largest absolute Gasteiger partial charge is 0.376 e. The minimum Gasteiger partial charge on any atom is -0.376 e. The zero-order valence-electron chi connectivity index (χ0n) is 12.1. The molecule has 0 saturated heterocycles. The molecule has 0 atom stereocenters. The molecule has 6 heteroatoms. The quantitative estimate of drug-likeness (QED) is 0.805. The third-order valence-corrected chi connectivity index (χ3v) is 4.21. The number of amides is 1. The van der Waals surface area contributed by atoms with Gasteiger partial charge < -0.3 is 10.6 Å². The molecule has 1 amide bonds. The molecule has 0 bridgehead atoms. The first-order valence-corrected chi connectivity index (χ1v) is 8.59. The average Bonchev–Trinajstić information content (AvgIpc) is 2.42. The SMILES string of the molecule is CCC(CC)NC(=O)CNc1ccc(S(C)(=O)=O)cc1. The van der Waals surface area contributed by atoms with Crippen LogP contribution in [0.4, 0.5) is 5.69 Å². The summed E-state index contributed by atoms with van der Waals surface area (Å²) >= 11 is 0. The molecule has 5 nitrogen and oxygen atoms in total. The number of hydrogen-bond acceptors (Lipinski definition) is 4. The molecule has 0 heterocycles. The highest BCUT2D eigenvalue weighted by atomic mass is 32.2. The lowest BCUT2D eigenvalue weighted by atomic mass is 10.2. The number of carbonyl (C=O) groups excluding carboxylic acids is 1. The van der Waals surface area contributed by atoms with Crippen molar-refractivity contribution in [3.05, 3.63) is 24.3 Å². The standard InChI is InChI=1S/C14H22N2O3S/c1-4-11(5-2)16-14(17)10-15-12-6-8-13(9-7-12)20(3,18)19/h6-9,11,15H,4-5,10H2,1-3H3,(H,16,17). The molecule has 0 aliphatic rings. The Balaban J connectivity index is 2.52. The van der Waals surface area contributed by atoms with Crippen molar-refractivity contribution in [2.45, 2.75) is 37.6 Å². The Bertz CT molecular complexity index is 534. The molecule has 2 N–H and O–H groups in total. The fourth-order valence-corrected chi connectivity index (χ4v) is 2.40. The zero-order valence-corrected chi connectivity index (χ0v) is 13.0. The molecule has 20 heavy (non-hydrogen) atoms. The van der Waals surface area contributed by atoms with Gasteiger partial charge in [-0.05, 0) is 37.1 Å². The number of benzene rings is 1. The van der Waals surface area contributed by atoms with Gasteiger partial charge >= 0.3 is 0 Å². The van der Waals surface area contributed by atoms with Gasteiger partial charge in [0.1, 0.15) is 0 Å². The number of hydrogen-bond donors (Lipinski definition) is 2. The van der Waals surface area contributed by atoms with Gasteiger partial charge in [-0.2, -0.15) is 0 Å². The van der Waals surface area contributed by atoms with E-state index in [0.717, 1.165) is 18.5 Å². The molecule has 1 aromatic rings. The van der Waals surface area contributed by atoms with Crippen LogP contribution in [0.5, 0.6) is 0 Å². The van der Waals surface area contributed by atoms with Crippen LogP contribution in [0.25, 0.3) is 0 Å². The number of rotatable bonds is 7. The van der Waals surface area contributed by atoms with Gasteiger partial charge in [0.05, 0.1) is 11.4 Å². The van der Waals surface area contributed by atoms with Crippen LogP contribution in [0.2, 0.25) is 0 Å². The van der Waals surface area contributed by atoms with Gasteiger partial charge in [-0.25, -0.2) is 8.42 Å². The summed E-state index contributed by atoms with van der Waals surface area (Å²) in [7, 11) is -3.18. The van der Waals surface area contributed by atoms with Crippen LogP contribution in [0.1, 0.15) is 26.7 Å². The molecule has 0 unspecified atom stereocenters. The van der Waals surface area contributed by atoms with E-state index in [1.165, 1.54) is 18.4 Å². The fraction of sp³-hybridized carbons (Fsp3) is 0.500. The van der Waals surface area contributed by atoms with Gasteiger partial charge in [0.15, 0.2) is 9.84 Å². The Kier molecular flexibility index (Phi) is 6.01. The predicted octanol–water partition coefficient (Wildman–Crippen LogP) is 1.81.